The summed E-state index contributed by atoms with van der Waals surface area (Å²) in [5.41, 5.74) is 2.83. The Morgan fingerprint density at radius 1 is 1.11 bits per heavy atom. The number of aromatic amines is 1. The van der Waals surface area contributed by atoms with Gasteiger partial charge in [0.1, 0.15) is 16.4 Å². The number of aliphatic hydroxyl groups excluding tert-OH is 1. The average molecular weight is 522 g/mol. The highest BCUT2D eigenvalue weighted by atomic mass is 35.5. The molecule has 3 aromatic heterocycles. The molecule has 1 aromatic carbocycles. The zero-order valence-corrected chi connectivity index (χ0v) is 20.5. The summed E-state index contributed by atoms with van der Waals surface area (Å²) in [6, 6.07) is 3.64. The molecule has 1 aliphatic carbocycles. The molecule has 0 bridgehead atoms. The van der Waals surface area contributed by atoms with Gasteiger partial charge in [-0.15, -0.1) is 0 Å². The molecule has 184 valence electrons. The third-order valence-electron chi connectivity index (χ3n) is 7.50. The van der Waals surface area contributed by atoms with Crippen molar-refractivity contribution in [1.29, 1.82) is 0 Å². The predicted molar refractivity (Wildman–Crippen MR) is 130 cm³/mol. The third kappa shape index (κ3) is 3.65. The van der Waals surface area contributed by atoms with Crippen LogP contribution in [-0.2, 0) is 13.7 Å². The number of hydrogen-bond donors (Lipinski definition) is 2. The van der Waals surface area contributed by atoms with Crippen molar-refractivity contribution in [3.63, 3.8) is 0 Å². The number of aromatic nitrogens is 6. The number of aliphatic hydroxyl groups is 1. The summed E-state index contributed by atoms with van der Waals surface area (Å²) in [7, 11) is 1.74. The summed E-state index contributed by atoms with van der Waals surface area (Å²) in [6.07, 6.45) is 1.82. The van der Waals surface area contributed by atoms with E-state index >= 15 is 0 Å². The second-order valence-corrected chi connectivity index (χ2v) is 10.4. The fraction of sp³-hybridized carbons (Fsp3) is 0.478. The predicted octanol–water partition coefficient (Wildman–Crippen LogP) is 5.11. The van der Waals surface area contributed by atoms with Gasteiger partial charge in [-0.2, -0.15) is 10.2 Å². The highest BCUT2D eigenvalue weighted by molar-refractivity contribution is 6.43. The lowest BCUT2D eigenvalue weighted by Gasteiger charge is -2.40. The van der Waals surface area contributed by atoms with Crippen LogP contribution < -0.4 is 4.90 Å². The van der Waals surface area contributed by atoms with Crippen LogP contribution in [0.3, 0.4) is 0 Å². The van der Waals surface area contributed by atoms with Gasteiger partial charge in [-0.05, 0) is 36.8 Å². The van der Waals surface area contributed by atoms with E-state index in [9.17, 15) is 13.9 Å². The molecule has 1 saturated heterocycles. The van der Waals surface area contributed by atoms with Crippen molar-refractivity contribution in [2.45, 2.75) is 44.6 Å². The van der Waals surface area contributed by atoms with Crippen molar-refractivity contribution in [1.82, 2.24) is 29.9 Å². The van der Waals surface area contributed by atoms with Gasteiger partial charge in [-0.25, -0.2) is 18.7 Å². The molecule has 1 saturated carbocycles. The van der Waals surface area contributed by atoms with Gasteiger partial charge < -0.3 is 10.0 Å². The Morgan fingerprint density at radius 3 is 2.57 bits per heavy atom. The van der Waals surface area contributed by atoms with Gasteiger partial charge in [-0.1, -0.05) is 23.2 Å². The van der Waals surface area contributed by atoms with Crippen molar-refractivity contribution in [2.75, 3.05) is 18.0 Å². The Balaban J connectivity index is 1.36. The molecule has 35 heavy (non-hydrogen) atoms. The van der Waals surface area contributed by atoms with Crippen LogP contribution in [0.5, 0.6) is 0 Å². The molecule has 0 unspecified atom stereocenters. The molecule has 4 aromatic rings. The van der Waals surface area contributed by atoms with Gasteiger partial charge in [0.2, 0.25) is 11.6 Å². The smallest absolute Gasteiger partial charge is 0.248 e. The van der Waals surface area contributed by atoms with Gasteiger partial charge in [0.05, 0.1) is 28.2 Å². The second-order valence-electron chi connectivity index (χ2n) is 9.68. The third-order valence-corrected chi connectivity index (χ3v) is 8.33. The van der Waals surface area contributed by atoms with Crippen LogP contribution in [0.1, 0.15) is 37.8 Å². The Bertz CT molecular complexity index is 1460. The van der Waals surface area contributed by atoms with Gasteiger partial charge in [0.25, 0.3) is 0 Å². The maximum atomic E-state index is 13.9. The number of fused-ring (bicyclic) bond motifs is 2. The number of aryl methyl sites for hydroxylation is 1. The van der Waals surface area contributed by atoms with Crippen LogP contribution in [0.2, 0.25) is 10.2 Å². The molecule has 6 rings (SSSR count). The largest absolute Gasteiger partial charge is 0.390 e. The Labute approximate surface area is 209 Å². The summed E-state index contributed by atoms with van der Waals surface area (Å²) >= 11 is 13.1. The first-order chi connectivity index (χ1) is 16.7. The van der Waals surface area contributed by atoms with E-state index in [1.807, 2.05) is 17.0 Å². The second kappa shape index (κ2) is 7.97. The van der Waals surface area contributed by atoms with Gasteiger partial charge in [0.15, 0.2) is 5.82 Å². The Morgan fingerprint density at radius 2 is 1.89 bits per heavy atom. The van der Waals surface area contributed by atoms with Crippen LogP contribution in [0.15, 0.2) is 12.1 Å². The summed E-state index contributed by atoms with van der Waals surface area (Å²) in [6.45, 7) is 0.856. The number of anilines is 1. The van der Waals surface area contributed by atoms with E-state index in [2.05, 4.69) is 20.3 Å². The number of piperidine rings is 1. The standard InChI is InChI=1S/C23H23Cl2F2N7O/c1-33-19(25)15-13(32-33)3-2-12(16(15)24)17-18-20(31-30-17)29-21(14(10-35)28-18)34-8-6-22(7-9-34)4-5-23(26,27)11-22/h2-3,35H,4-11H2,1H3,(H,29,30,31). The molecule has 2 fully saturated rings. The van der Waals surface area contributed by atoms with E-state index in [-0.39, 0.29) is 24.9 Å². The number of nitrogens with one attached hydrogen (secondary N) is 1. The van der Waals surface area contributed by atoms with Gasteiger partial charge in [-0.3, -0.25) is 9.78 Å². The fourth-order valence-corrected chi connectivity index (χ4v) is 6.23. The van der Waals surface area contributed by atoms with Crippen molar-refractivity contribution in [3.05, 3.63) is 28.0 Å². The maximum Gasteiger partial charge on any atom is 0.248 e. The zero-order valence-electron chi connectivity index (χ0n) is 19.0. The number of halogens is 4. The Kier molecular flexibility index (Phi) is 5.21. The van der Waals surface area contributed by atoms with Crippen molar-refractivity contribution in [3.8, 4) is 11.3 Å². The normalized spacial score (nSPS) is 19.4. The highest BCUT2D eigenvalue weighted by Gasteiger charge is 2.50. The minimum absolute atomic E-state index is 0.0324. The number of hydrogen-bond acceptors (Lipinski definition) is 6. The lowest BCUT2D eigenvalue weighted by molar-refractivity contribution is -0.00683. The molecule has 1 spiro atoms. The highest BCUT2D eigenvalue weighted by Crippen LogP contribution is 2.53. The zero-order chi connectivity index (χ0) is 24.5. The number of nitrogens with zero attached hydrogens (tertiary/aromatic N) is 6. The average Bonchev–Trinajstić information content (AvgIpc) is 3.47. The minimum Gasteiger partial charge on any atom is -0.390 e. The van der Waals surface area contributed by atoms with Crippen molar-refractivity contribution in [2.24, 2.45) is 12.5 Å². The number of benzene rings is 1. The van der Waals surface area contributed by atoms with Crippen LogP contribution in [0, 0.1) is 5.41 Å². The van der Waals surface area contributed by atoms with Crippen LogP contribution in [0.4, 0.5) is 14.6 Å². The van der Waals surface area contributed by atoms with E-state index < -0.39 is 5.92 Å². The van der Waals surface area contributed by atoms with E-state index in [0.717, 1.165) is 0 Å². The van der Waals surface area contributed by atoms with E-state index in [4.69, 9.17) is 28.2 Å². The maximum absolute atomic E-state index is 13.9. The summed E-state index contributed by atoms with van der Waals surface area (Å²) in [4.78, 5) is 11.4. The summed E-state index contributed by atoms with van der Waals surface area (Å²) in [5, 5.41) is 23.2. The molecular weight excluding hydrogens is 499 g/mol. The molecule has 0 atom stereocenters. The van der Waals surface area contributed by atoms with Gasteiger partial charge >= 0.3 is 0 Å². The molecule has 2 N–H and O–H groups in total. The first-order valence-electron chi connectivity index (χ1n) is 11.5. The lowest BCUT2D eigenvalue weighted by Crippen LogP contribution is -2.40. The molecule has 2 aliphatic rings. The van der Waals surface area contributed by atoms with E-state index in [1.165, 1.54) is 0 Å². The van der Waals surface area contributed by atoms with Crippen LogP contribution in [-0.4, -0.2) is 54.1 Å². The fourth-order valence-electron chi connectivity index (χ4n) is 5.61. The van der Waals surface area contributed by atoms with Crippen LogP contribution in [0.25, 0.3) is 33.3 Å². The quantitative estimate of drug-likeness (QED) is 0.388. The molecule has 12 heteroatoms. The minimum atomic E-state index is -2.56. The topological polar surface area (TPSA) is 95.8 Å². The number of H-pyrrole nitrogens is 1. The number of alkyl halides is 2. The summed E-state index contributed by atoms with van der Waals surface area (Å²) < 4.78 is 29.3. The van der Waals surface area contributed by atoms with Crippen molar-refractivity contribution >= 4 is 51.1 Å². The lowest BCUT2D eigenvalue weighted by atomic mass is 9.77. The molecule has 8 nitrogen and oxygen atoms in total. The Hall–Kier alpha value is -2.56. The first kappa shape index (κ1) is 22.9. The SMILES string of the molecule is Cn1nc2ccc(-c3[nH]nc4nc(N5CCC6(CC5)CCC(F)(F)C6)c(CO)nc34)c(Cl)c2c1Cl. The van der Waals surface area contributed by atoms with Gasteiger partial charge in [0, 0.05) is 38.5 Å². The molecule has 4 heterocycles. The van der Waals surface area contributed by atoms with Crippen molar-refractivity contribution < 1.29 is 13.9 Å². The van der Waals surface area contributed by atoms with Crippen LogP contribution >= 0.6 is 23.2 Å². The molecule has 0 radical (unpaired) electrons. The van der Waals surface area contributed by atoms with E-state index in [0.29, 0.717) is 87.4 Å². The first-order valence-corrected chi connectivity index (χ1v) is 12.3. The molecule has 0 amide bonds. The molecular formula is C23H23Cl2F2N7O. The number of rotatable bonds is 3. The monoisotopic (exact) mass is 521 g/mol. The molecule has 1 aliphatic heterocycles. The van der Waals surface area contributed by atoms with E-state index in [1.54, 1.807) is 11.7 Å². The summed E-state index contributed by atoms with van der Waals surface area (Å²) in [5.74, 6) is -2.03.